The first-order valence-corrected chi connectivity index (χ1v) is 7.45. The molecule has 2 saturated heterocycles. The van der Waals surface area contributed by atoms with Crippen LogP contribution in [0.1, 0.15) is 38.5 Å². The molecule has 0 aromatic rings. The van der Waals surface area contributed by atoms with E-state index in [0.717, 1.165) is 25.6 Å². The van der Waals surface area contributed by atoms with Crippen LogP contribution in [0.15, 0.2) is 0 Å². The largest absolute Gasteiger partial charge is 0.378 e. The molecule has 3 rings (SSSR count). The summed E-state index contributed by atoms with van der Waals surface area (Å²) in [4.78, 5) is 14.6. The van der Waals surface area contributed by atoms with Gasteiger partial charge in [0.15, 0.2) is 0 Å². The van der Waals surface area contributed by atoms with Gasteiger partial charge in [0.05, 0.1) is 13.2 Å². The molecule has 2 aliphatic heterocycles. The second-order valence-electron chi connectivity index (χ2n) is 5.92. The molecule has 1 aliphatic carbocycles. The van der Waals surface area contributed by atoms with Gasteiger partial charge in [-0.15, -0.1) is 0 Å². The Kier molecular flexibility index (Phi) is 3.85. The monoisotopic (exact) mass is 252 g/mol. The highest BCUT2D eigenvalue weighted by Gasteiger charge is 2.38. The van der Waals surface area contributed by atoms with Gasteiger partial charge in [-0.2, -0.15) is 0 Å². The van der Waals surface area contributed by atoms with E-state index in [2.05, 4.69) is 10.2 Å². The fourth-order valence-electron chi connectivity index (χ4n) is 3.79. The van der Waals surface area contributed by atoms with Gasteiger partial charge in [-0.05, 0) is 25.2 Å². The topological polar surface area (TPSA) is 41.6 Å². The van der Waals surface area contributed by atoms with Gasteiger partial charge in [0.1, 0.15) is 0 Å². The third-order valence-corrected chi connectivity index (χ3v) is 4.75. The number of nitrogens with zero attached hydrogens (tertiary/aromatic N) is 1. The van der Waals surface area contributed by atoms with E-state index in [9.17, 15) is 4.79 Å². The molecule has 3 unspecified atom stereocenters. The molecule has 3 aliphatic rings. The molecule has 4 heteroatoms. The van der Waals surface area contributed by atoms with Gasteiger partial charge in [0, 0.05) is 31.6 Å². The average molecular weight is 252 g/mol. The van der Waals surface area contributed by atoms with Crippen LogP contribution in [0, 0.1) is 5.92 Å². The third-order valence-electron chi connectivity index (χ3n) is 4.75. The van der Waals surface area contributed by atoms with E-state index < -0.39 is 0 Å². The third kappa shape index (κ3) is 2.54. The van der Waals surface area contributed by atoms with Gasteiger partial charge in [0.2, 0.25) is 5.91 Å². The van der Waals surface area contributed by atoms with E-state index in [1.54, 1.807) is 0 Å². The zero-order chi connectivity index (χ0) is 12.4. The lowest BCUT2D eigenvalue weighted by molar-refractivity contribution is -0.134. The van der Waals surface area contributed by atoms with Crippen LogP contribution in [0.2, 0.25) is 0 Å². The fourth-order valence-corrected chi connectivity index (χ4v) is 3.79. The lowest BCUT2D eigenvalue weighted by Crippen LogP contribution is -2.46. The Labute approximate surface area is 109 Å². The number of carbonyl (C=O) groups excluding carboxylic acids is 1. The predicted octanol–water partition coefficient (Wildman–Crippen LogP) is 1.16. The van der Waals surface area contributed by atoms with Gasteiger partial charge in [-0.25, -0.2) is 0 Å². The van der Waals surface area contributed by atoms with Crippen molar-refractivity contribution in [2.24, 2.45) is 5.92 Å². The predicted molar refractivity (Wildman–Crippen MR) is 69.3 cm³/mol. The van der Waals surface area contributed by atoms with Crippen LogP contribution in [0.5, 0.6) is 0 Å². The highest BCUT2D eigenvalue weighted by atomic mass is 16.5. The lowest BCUT2D eigenvalue weighted by atomic mass is 9.85. The number of likely N-dealkylation sites (tertiary alicyclic amines) is 1. The van der Waals surface area contributed by atoms with Crippen LogP contribution < -0.4 is 5.32 Å². The van der Waals surface area contributed by atoms with Crippen molar-refractivity contribution in [2.45, 2.75) is 50.6 Å². The maximum atomic E-state index is 12.4. The Morgan fingerprint density at radius 2 is 2.17 bits per heavy atom. The molecule has 2 heterocycles. The van der Waals surface area contributed by atoms with Crippen molar-refractivity contribution in [1.29, 1.82) is 0 Å². The lowest BCUT2D eigenvalue weighted by Gasteiger charge is -2.33. The minimum absolute atomic E-state index is 0.230. The van der Waals surface area contributed by atoms with Crippen molar-refractivity contribution in [1.82, 2.24) is 10.2 Å². The van der Waals surface area contributed by atoms with Crippen LogP contribution in [0.25, 0.3) is 0 Å². The zero-order valence-corrected chi connectivity index (χ0v) is 11.1. The minimum Gasteiger partial charge on any atom is -0.378 e. The number of amides is 1. The first-order valence-electron chi connectivity index (χ1n) is 7.45. The van der Waals surface area contributed by atoms with Gasteiger partial charge in [0.25, 0.3) is 0 Å². The Morgan fingerprint density at radius 3 is 3.00 bits per heavy atom. The summed E-state index contributed by atoms with van der Waals surface area (Å²) in [5, 5.41) is 3.37. The standard InChI is InChI=1S/C14H24N2O2/c17-14(9-12-10-18-8-6-15-12)16-7-5-11-3-1-2-4-13(11)16/h11-13,15H,1-10H2. The molecular weight excluding hydrogens is 228 g/mol. The number of hydrogen-bond donors (Lipinski definition) is 1. The smallest absolute Gasteiger partial charge is 0.224 e. The summed E-state index contributed by atoms with van der Waals surface area (Å²) in [7, 11) is 0. The highest BCUT2D eigenvalue weighted by Crippen LogP contribution is 2.36. The maximum Gasteiger partial charge on any atom is 0.224 e. The highest BCUT2D eigenvalue weighted by molar-refractivity contribution is 5.77. The van der Waals surface area contributed by atoms with Crippen LogP contribution in [0.3, 0.4) is 0 Å². The first-order chi connectivity index (χ1) is 8.84. The Bertz CT molecular complexity index is 302. The summed E-state index contributed by atoms with van der Waals surface area (Å²) < 4.78 is 5.42. The molecule has 1 saturated carbocycles. The Morgan fingerprint density at radius 1 is 1.28 bits per heavy atom. The number of morpholine rings is 1. The molecule has 0 spiro atoms. The molecule has 0 bridgehead atoms. The second-order valence-corrected chi connectivity index (χ2v) is 5.92. The molecule has 0 aromatic heterocycles. The second kappa shape index (κ2) is 5.57. The molecule has 18 heavy (non-hydrogen) atoms. The summed E-state index contributed by atoms with van der Waals surface area (Å²) in [5.41, 5.74) is 0. The van der Waals surface area contributed by atoms with Crippen molar-refractivity contribution in [3.05, 3.63) is 0 Å². The summed E-state index contributed by atoms with van der Waals surface area (Å²) >= 11 is 0. The van der Waals surface area contributed by atoms with Gasteiger partial charge in [-0.1, -0.05) is 12.8 Å². The van der Waals surface area contributed by atoms with Crippen molar-refractivity contribution >= 4 is 5.91 Å². The number of ether oxygens (including phenoxy) is 1. The summed E-state index contributed by atoms with van der Waals surface area (Å²) in [6.07, 6.45) is 7.06. The number of hydrogen-bond acceptors (Lipinski definition) is 3. The summed E-state index contributed by atoms with van der Waals surface area (Å²) in [6.45, 7) is 3.33. The first kappa shape index (κ1) is 12.4. The van der Waals surface area contributed by atoms with Gasteiger partial charge >= 0.3 is 0 Å². The number of nitrogens with one attached hydrogen (secondary N) is 1. The van der Waals surface area contributed by atoms with Crippen molar-refractivity contribution < 1.29 is 9.53 Å². The molecular formula is C14H24N2O2. The van der Waals surface area contributed by atoms with E-state index >= 15 is 0 Å². The molecule has 1 N–H and O–H groups in total. The average Bonchev–Trinajstić information content (AvgIpc) is 2.84. The van der Waals surface area contributed by atoms with E-state index in [4.69, 9.17) is 4.74 Å². The van der Waals surface area contributed by atoms with E-state index in [1.807, 2.05) is 0 Å². The number of fused-ring (bicyclic) bond motifs is 1. The molecule has 0 aromatic carbocycles. The molecule has 0 radical (unpaired) electrons. The van der Waals surface area contributed by atoms with Crippen molar-refractivity contribution in [3.63, 3.8) is 0 Å². The molecule has 3 fully saturated rings. The van der Waals surface area contributed by atoms with Gasteiger partial charge < -0.3 is 15.0 Å². The molecule has 4 nitrogen and oxygen atoms in total. The molecule has 102 valence electrons. The van der Waals surface area contributed by atoms with E-state index in [0.29, 0.717) is 25.0 Å². The SMILES string of the molecule is O=C(CC1COCCN1)N1CCC2CCCCC21. The normalized spacial score (nSPS) is 36.4. The summed E-state index contributed by atoms with van der Waals surface area (Å²) in [6, 6.07) is 0.782. The molecule has 3 atom stereocenters. The van der Waals surface area contributed by atoms with Crippen LogP contribution in [-0.2, 0) is 9.53 Å². The quantitative estimate of drug-likeness (QED) is 0.802. The summed E-state index contributed by atoms with van der Waals surface area (Å²) in [5.74, 6) is 1.13. The maximum absolute atomic E-state index is 12.4. The Hall–Kier alpha value is -0.610. The van der Waals surface area contributed by atoms with E-state index in [1.165, 1.54) is 32.1 Å². The van der Waals surface area contributed by atoms with Gasteiger partial charge in [-0.3, -0.25) is 4.79 Å². The van der Waals surface area contributed by atoms with Crippen LogP contribution in [0.4, 0.5) is 0 Å². The van der Waals surface area contributed by atoms with Crippen molar-refractivity contribution in [3.8, 4) is 0 Å². The van der Waals surface area contributed by atoms with Crippen molar-refractivity contribution in [2.75, 3.05) is 26.3 Å². The number of carbonyl (C=O) groups is 1. The number of rotatable bonds is 2. The fraction of sp³-hybridized carbons (Fsp3) is 0.929. The molecule has 1 amide bonds. The van der Waals surface area contributed by atoms with E-state index in [-0.39, 0.29) is 6.04 Å². The van der Waals surface area contributed by atoms with Crippen LogP contribution >= 0.6 is 0 Å². The van der Waals surface area contributed by atoms with Crippen LogP contribution in [-0.4, -0.2) is 49.2 Å². The Balaban J connectivity index is 1.55. The minimum atomic E-state index is 0.230. The zero-order valence-electron chi connectivity index (χ0n) is 11.1.